The van der Waals surface area contributed by atoms with Crippen LogP contribution in [0, 0.1) is 11.6 Å². The van der Waals surface area contributed by atoms with Crippen LogP contribution in [0.3, 0.4) is 0 Å². The highest BCUT2D eigenvalue weighted by Gasteiger charge is 2.13. The smallest absolute Gasteiger partial charge is 0.216 e. The van der Waals surface area contributed by atoms with E-state index in [1.165, 1.54) is 12.1 Å². The molecule has 3 nitrogen and oxygen atoms in total. The van der Waals surface area contributed by atoms with Crippen LogP contribution in [-0.4, -0.2) is 17.0 Å². The van der Waals surface area contributed by atoms with Crippen molar-refractivity contribution in [3.8, 4) is 5.75 Å². The fraction of sp³-hybridized carbons (Fsp3) is 0.154. The Morgan fingerprint density at radius 3 is 2.72 bits per heavy atom. The number of Topliss-reactive ketones (excluding diaryl/α,β-unsaturated/α-hetero) is 1. The zero-order chi connectivity index (χ0) is 13.1. The second-order valence-electron chi connectivity index (χ2n) is 3.77. The second kappa shape index (κ2) is 5.00. The summed E-state index contributed by atoms with van der Waals surface area (Å²) in [4.78, 5) is 11.7. The average molecular weight is 251 g/mol. The molecule has 1 heterocycles. The Kier molecular flexibility index (Phi) is 3.41. The largest absolute Gasteiger partial charge is 0.482 e. The van der Waals surface area contributed by atoms with Gasteiger partial charge in [-0.3, -0.25) is 4.79 Å². The fourth-order valence-corrected chi connectivity index (χ4v) is 1.56. The molecule has 0 fully saturated rings. The van der Waals surface area contributed by atoms with E-state index in [9.17, 15) is 13.6 Å². The van der Waals surface area contributed by atoms with Crippen molar-refractivity contribution in [2.75, 3.05) is 6.61 Å². The minimum absolute atomic E-state index is 0.266. The summed E-state index contributed by atoms with van der Waals surface area (Å²) in [6.07, 6.45) is 1.72. The van der Waals surface area contributed by atoms with Gasteiger partial charge in [-0.2, -0.15) is 4.39 Å². The highest BCUT2D eigenvalue weighted by molar-refractivity contribution is 5.95. The van der Waals surface area contributed by atoms with E-state index in [1.807, 2.05) is 0 Å². The number of nitrogens with zero attached hydrogens (tertiary/aromatic N) is 1. The van der Waals surface area contributed by atoms with Gasteiger partial charge in [0.25, 0.3) is 0 Å². The highest BCUT2D eigenvalue weighted by atomic mass is 19.2. The number of ketones is 1. The first-order chi connectivity index (χ1) is 8.59. The predicted octanol–water partition coefficient (Wildman–Crippen LogP) is 2.57. The SMILES string of the molecule is Cn1cccc1C(=O)COc1cccc(F)c1F. The molecule has 0 bridgehead atoms. The lowest BCUT2D eigenvalue weighted by Gasteiger charge is -2.07. The van der Waals surface area contributed by atoms with Gasteiger partial charge in [-0.25, -0.2) is 4.39 Å². The number of hydrogen-bond acceptors (Lipinski definition) is 2. The third-order valence-corrected chi connectivity index (χ3v) is 2.50. The van der Waals surface area contributed by atoms with Crippen molar-refractivity contribution in [3.63, 3.8) is 0 Å². The molecule has 1 aromatic carbocycles. The molecule has 2 aromatic rings. The number of halogens is 2. The molecule has 0 amide bonds. The summed E-state index contributed by atoms with van der Waals surface area (Å²) in [5.74, 6) is -2.65. The summed E-state index contributed by atoms with van der Waals surface area (Å²) in [5, 5.41) is 0. The average Bonchev–Trinajstić information content (AvgIpc) is 2.77. The van der Waals surface area contributed by atoms with E-state index in [1.54, 1.807) is 29.9 Å². The number of ether oxygens (including phenoxy) is 1. The second-order valence-corrected chi connectivity index (χ2v) is 3.77. The molecule has 18 heavy (non-hydrogen) atoms. The van der Waals surface area contributed by atoms with Crippen LogP contribution in [0.2, 0.25) is 0 Å². The van der Waals surface area contributed by atoms with E-state index in [-0.39, 0.29) is 18.1 Å². The van der Waals surface area contributed by atoms with Crippen molar-refractivity contribution in [1.82, 2.24) is 4.57 Å². The van der Waals surface area contributed by atoms with E-state index >= 15 is 0 Å². The van der Waals surface area contributed by atoms with E-state index in [2.05, 4.69) is 0 Å². The molecule has 0 N–H and O–H groups in total. The molecule has 0 saturated carbocycles. The van der Waals surface area contributed by atoms with E-state index in [0.29, 0.717) is 5.69 Å². The van der Waals surface area contributed by atoms with Crippen molar-refractivity contribution in [2.45, 2.75) is 0 Å². The molecule has 5 heteroatoms. The Hall–Kier alpha value is -2.17. The van der Waals surface area contributed by atoms with E-state index < -0.39 is 11.6 Å². The van der Waals surface area contributed by atoms with Gasteiger partial charge < -0.3 is 9.30 Å². The summed E-state index contributed by atoms with van der Waals surface area (Å²) in [5.41, 5.74) is 0.451. The Labute approximate surface area is 103 Å². The van der Waals surface area contributed by atoms with E-state index in [4.69, 9.17) is 4.74 Å². The van der Waals surface area contributed by atoms with Crippen molar-refractivity contribution < 1.29 is 18.3 Å². The monoisotopic (exact) mass is 251 g/mol. The van der Waals surface area contributed by atoms with Gasteiger partial charge in [0, 0.05) is 13.2 Å². The maximum atomic E-state index is 13.3. The van der Waals surface area contributed by atoms with Crippen molar-refractivity contribution >= 4 is 5.78 Å². The molecule has 0 unspecified atom stereocenters. The van der Waals surface area contributed by atoms with Gasteiger partial charge in [-0.15, -0.1) is 0 Å². The Morgan fingerprint density at radius 1 is 1.28 bits per heavy atom. The third kappa shape index (κ3) is 2.40. The molecule has 94 valence electrons. The van der Waals surface area contributed by atoms with Crippen LogP contribution in [0.15, 0.2) is 36.5 Å². The van der Waals surface area contributed by atoms with Crippen molar-refractivity contribution in [2.24, 2.45) is 7.05 Å². The highest BCUT2D eigenvalue weighted by Crippen LogP contribution is 2.19. The summed E-state index contributed by atoms with van der Waals surface area (Å²) in [6.45, 7) is -0.335. The number of aryl methyl sites for hydroxylation is 1. The topological polar surface area (TPSA) is 31.2 Å². The van der Waals surface area contributed by atoms with Crippen LogP contribution in [-0.2, 0) is 7.05 Å². The lowest BCUT2D eigenvalue weighted by molar-refractivity contribution is 0.0910. The molecule has 0 aliphatic carbocycles. The minimum Gasteiger partial charge on any atom is -0.482 e. The van der Waals surface area contributed by atoms with Gasteiger partial charge in [0.15, 0.2) is 18.2 Å². The van der Waals surface area contributed by atoms with Gasteiger partial charge in [0.05, 0.1) is 5.69 Å². The normalized spacial score (nSPS) is 10.4. The summed E-state index contributed by atoms with van der Waals surface area (Å²) in [7, 11) is 1.72. The predicted molar refractivity (Wildman–Crippen MR) is 61.6 cm³/mol. The summed E-state index contributed by atoms with van der Waals surface area (Å²) < 4.78 is 32.8. The first-order valence-corrected chi connectivity index (χ1v) is 5.31. The van der Waals surface area contributed by atoms with Crippen molar-refractivity contribution in [1.29, 1.82) is 0 Å². The molecule has 0 spiro atoms. The van der Waals surface area contributed by atoms with Gasteiger partial charge in [-0.05, 0) is 24.3 Å². The van der Waals surface area contributed by atoms with Crippen LogP contribution < -0.4 is 4.74 Å². The molecule has 0 aliphatic heterocycles. The van der Waals surface area contributed by atoms with E-state index in [0.717, 1.165) is 6.07 Å². The third-order valence-electron chi connectivity index (χ3n) is 2.50. The van der Waals surface area contributed by atoms with Crippen LogP contribution in [0.4, 0.5) is 8.78 Å². The number of aromatic nitrogens is 1. The number of hydrogen-bond donors (Lipinski definition) is 0. The van der Waals surface area contributed by atoms with Gasteiger partial charge in [0.1, 0.15) is 0 Å². The molecular weight excluding hydrogens is 240 g/mol. The molecule has 0 radical (unpaired) electrons. The number of carbonyl (C=O) groups excluding carboxylic acids is 1. The molecule has 1 aromatic heterocycles. The van der Waals surface area contributed by atoms with Crippen LogP contribution >= 0.6 is 0 Å². The fourth-order valence-electron chi connectivity index (χ4n) is 1.56. The van der Waals surface area contributed by atoms with Crippen LogP contribution in [0.5, 0.6) is 5.75 Å². The number of carbonyl (C=O) groups is 1. The minimum atomic E-state index is -1.09. The van der Waals surface area contributed by atoms with Crippen LogP contribution in [0.1, 0.15) is 10.5 Å². The lowest BCUT2D eigenvalue weighted by Crippen LogP contribution is -2.15. The maximum absolute atomic E-state index is 13.3. The Balaban J connectivity index is 2.06. The summed E-state index contributed by atoms with van der Waals surface area (Å²) in [6, 6.07) is 6.93. The zero-order valence-corrected chi connectivity index (χ0v) is 9.69. The first-order valence-electron chi connectivity index (χ1n) is 5.31. The maximum Gasteiger partial charge on any atom is 0.216 e. The Morgan fingerprint density at radius 2 is 2.06 bits per heavy atom. The number of rotatable bonds is 4. The van der Waals surface area contributed by atoms with Crippen molar-refractivity contribution in [3.05, 3.63) is 53.9 Å². The molecule has 0 atom stereocenters. The lowest BCUT2D eigenvalue weighted by atomic mass is 10.3. The molecular formula is C13H11F2NO2. The number of benzene rings is 1. The quantitative estimate of drug-likeness (QED) is 0.782. The molecule has 2 rings (SSSR count). The van der Waals surface area contributed by atoms with Gasteiger partial charge in [0.2, 0.25) is 11.6 Å². The zero-order valence-electron chi connectivity index (χ0n) is 9.69. The molecule has 0 saturated heterocycles. The van der Waals surface area contributed by atoms with Gasteiger partial charge >= 0.3 is 0 Å². The standard InChI is InChI=1S/C13H11F2NO2/c1-16-7-3-5-10(16)11(17)8-18-12-6-2-4-9(14)13(12)15/h2-7H,8H2,1H3. The first kappa shape index (κ1) is 12.3. The van der Waals surface area contributed by atoms with Gasteiger partial charge in [-0.1, -0.05) is 6.07 Å². The molecule has 0 aliphatic rings. The summed E-state index contributed by atoms with van der Waals surface area (Å²) >= 11 is 0. The Bertz CT molecular complexity index is 578. The van der Waals surface area contributed by atoms with Crippen LogP contribution in [0.25, 0.3) is 0 Å².